The van der Waals surface area contributed by atoms with E-state index in [0.29, 0.717) is 22.0 Å². The molecule has 0 unspecified atom stereocenters. The Bertz CT molecular complexity index is 1060. The van der Waals surface area contributed by atoms with E-state index in [1.807, 2.05) is 6.92 Å². The van der Waals surface area contributed by atoms with Crippen molar-refractivity contribution in [2.45, 2.75) is 25.7 Å². The highest BCUT2D eigenvalue weighted by Gasteiger charge is 2.23. The molecule has 0 fully saturated rings. The normalized spacial score (nSPS) is 11.8. The number of carbonyl (C=O) groups is 1. The van der Waals surface area contributed by atoms with Crippen LogP contribution in [0.15, 0.2) is 47.5 Å². The zero-order chi connectivity index (χ0) is 17.6. The standard InChI is InChI=1S/C18H17NO4S/c1-11-4-6-14(7-5-11)24(22,23)19-9-8-15-16(18(20)21)12(2)10-13(3)17(15)19/h4-10H,1-3H3,(H,20,21). The third kappa shape index (κ3) is 2.39. The van der Waals surface area contributed by atoms with E-state index in [1.165, 1.54) is 6.20 Å². The van der Waals surface area contributed by atoms with Gasteiger partial charge in [0.25, 0.3) is 10.0 Å². The van der Waals surface area contributed by atoms with Crippen LogP contribution in [0.2, 0.25) is 0 Å². The minimum absolute atomic E-state index is 0.133. The van der Waals surface area contributed by atoms with Crippen molar-refractivity contribution in [2.24, 2.45) is 0 Å². The van der Waals surface area contributed by atoms with Gasteiger partial charge in [-0.3, -0.25) is 0 Å². The van der Waals surface area contributed by atoms with Crippen LogP contribution in [0.25, 0.3) is 10.9 Å². The Kier molecular flexibility index (Phi) is 3.72. The smallest absolute Gasteiger partial charge is 0.336 e. The fourth-order valence-electron chi connectivity index (χ4n) is 2.99. The Morgan fingerprint density at radius 3 is 2.21 bits per heavy atom. The van der Waals surface area contributed by atoms with Gasteiger partial charge in [-0.15, -0.1) is 0 Å². The van der Waals surface area contributed by atoms with Gasteiger partial charge in [0.15, 0.2) is 0 Å². The molecular formula is C18H17NO4S. The van der Waals surface area contributed by atoms with Gasteiger partial charge in [-0.05, 0) is 50.1 Å². The van der Waals surface area contributed by atoms with E-state index in [4.69, 9.17) is 0 Å². The number of aromatic carboxylic acids is 1. The average Bonchev–Trinajstić information content (AvgIpc) is 2.93. The van der Waals surface area contributed by atoms with Gasteiger partial charge in [-0.2, -0.15) is 0 Å². The molecule has 1 N–H and O–H groups in total. The summed E-state index contributed by atoms with van der Waals surface area (Å²) in [6, 6.07) is 9.82. The van der Waals surface area contributed by atoms with Gasteiger partial charge >= 0.3 is 5.97 Å². The molecule has 0 spiro atoms. The third-order valence-electron chi connectivity index (χ3n) is 4.11. The van der Waals surface area contributed by atoms with E-state index >= 15 is 0 Å². The maximum atomic E-state index is 13.0. The van der Waals surface area contributed by atoms with Crippen LogP contribution in [0.5, 0.6) is 0 Å². The number of hydrogen-bond donors (Lipinski definition) is 1. The Morgan fingerprint density at radius 1 is 1.00 bits per heavy atom. The Balaban J connectivity index is 2.34. The summed E-state index contributed by atoms with van der Waals surface area (Å²) in [5.41, 5.74) is 2.82. The van der Waals surface area contributed by atoms with E-state index in [-0.39, 0.29) is 10.5 Å². The zero-order valence-corrected chi connectivity index (χ0v) is 14.4. The highest BCUT2D eigenvalue weighted by molar-refractivity contribution is 7.90. The Morgan fingerprint density at radius 2 is 1.62 bits per heavy atom. The molecule has 1 aromatic heterocycles. The zero-order valence-electron chi connectivity index (χ0n) is 13.6. The first-order valence-corrected chi connectivity index (χ1v) is 8.84. The van der Waals surface area contributed by atoms with E-state index in [2.05, 4.69) is 0 Å². The van der Waals surface area contributed by atoms with Crippen molar-refractivity contribution in [1.82, 2.24) is 3.97 Å². The molecule has 0 aliphatic carbocycles. The molecule has 1 heterocycles. The van der Waals surface area contributed by atoms with Crippen LogP contribution < -0.4 is 0 Å². The summed E-state index contributed by atoms with van der Waals surface area (Å²) in [7, 11) is -3.79. The van der Waals surface area contributed by atoms with E-state index in [1.54, 1.807) is 50.2 Å². The third-order valence-corrected chi connectivity index (χ3v) is 5.80. The van der Waals surface area contributed by atoms with Gasteiger partial charge in [0, 0.05) is 11.6 Å². The maximum absolute atomic E-state index is 13.0. The van der Waals surface area contributed by atoms with Crippen LogP contribution in [0.1, 0.15) is 27.0 Å². The molecule has 3 rings (SSSR count). The maximum Gasteiger partial charge on any atom is 0.336 e. The largest absolute Gasteiger partial charge is 0.478 e. The lowest BCUT2D eigenvalue weighted by molar-refractivity contribution is 0.0698. The van der Waals surface area contributed by atoms with Crippen LogP contribution in [0.4, 0.5) is 0 Å². The number of carboxylic acids is 1. The molecule has 0 atom stereocenters. The van der Waals surface area contributed by atoms with Crippen molar-refractivity contribution in [3.63, 3.8) is 0 Å². The number of fused-ring (bicyclic) bond motifs is 1. The van der Waals surface area contributed by atoms with Crippen LogP contribution >= 0.6 is 0 Å². The van der Waals surface area contributed by atoms with Crippen LogP contribution in [-0.4, -0.2) is 23.5 Å². The second-order valence-corrected chi connectivity index (χ2v) is 7.70. The van der Waals surface area contributed by atoms with Gasteiger partial charge in [0.2, 0.25) is 0 Å². The quantitative estimate of drug-likeness (QED) is 0.789. The summed E-state index contributed by atoms with van der Waals surface area (Å²) in [4.78, 5) is 11.7. The molecule has 0 radical (unpaired) electrons. The summed E-state index contributed by atoms with van der Waals surface area (Å²) in [5.74, 6) is -1.07. The minimum Gasteiger partial charge on any atom is -0.478 e. The molecule has 0 saturated carbocycles. The lowest BCUT2D eigenvalue weighted by Gasteiger charge is -2.12. The summed E-state index contributed by atoms with van der Waals surface area (Å²) >= 11 is 0. The number of aromatic nitrogens is 1. The van der Waals surface area contributed by atoms with Crippen molar-refractivity contribution >= 4 is 26.9 Å². The van der Waals surface area contributed by atoms with Gasteiger partial charge in [0.1, 0.15) is 0 Å². The van der Waals surface area contributed by atoms with Gasteiger partial charge < -0.3 is 5.11 Å². The molecule has 124 valence electrons. The predicted molar refractivity (Wildman–Crippen MR) is 92.1 cm³/mol. The van der Waals surface area contributed by atoms with Crippen molar-refractivity contribution in [3.8, 4) is 0 Å². The molecule has 5 nitrogen and oxygen atoms in total. The molecular weight excluding hydrogens is 326 g/mol. The monoisotopic (exact) mass is 343 g/mol. The summed E-state index contributed by atoms with van der Waals surface area (Å²) in [6.07, 6.45) is 1.42. The van der Waals surface area contributed by atoms with Crippen LogP contribution in [0.3, 0.4) is 0 Å². The summed E-state index contributed by atoms with van der Waals surface area (Å²) in [6.45, 7) is 5.37. The topological polar surface area (TPSA) is 76.4 Å². The van der Waals surface area contributed by atoms with Crippen LogP contribution in [-0.2, 0) is 10.0 Å². The molecule has 2 aromatic carbocycles. The first-order chi connectivity index (χ1) is 11.2. The number of carboxylic acid groups (broad SMARTS) is 1. The first kappa shape index (κ1) is 16.3. The van der Waals surface area contributed by atoms with Crippen molar-refractivity contribution in [2.75, 3.05) is 0 Å². The number of aryl methyl sites for hydroxylation is 3. The highest BCUT2D eigenvalue weighted by Crippen LogP contribution is 2.30. The summed E-state index contributed by atoms with van der Waals surface area (Å²) < 4.78 is 27.1. The Hall–Kier alpha value is -2.60. The number of nitrogens with zero attached hydrogens (tertiary/aromatic N) is 1. The van der Waals surface area contributed by atoms with E-state index in [0.717, 1.165) is 9.54 Å². The molecule has 3 aromatic rings. The van der Waals surface area contributed by atoms with Crippen molar-refractivity contribution in [3.05, 3.63) is 64.8 Å². The molecule has 0 aliphatic rings. The van der Waals surface area contributed by atoms with Crippen LogP contribution in [0, 0.1) is 20.8 Å². The minimum atomic E-state index is -3.79. The Labute approximate surface area is 140 Å². The van der Waals surface area contributed by atoms with Crippen molar-refractivity contribution < 1.29 is 18.3 Å². The molecule has 24 heavy (non-hydrogen) atoms. The van der Waals surface area contributed by atoms with E-state index in [9.17, 15) is 18.3 Å². The highest BCUT2D eigenvalue weighted by atomic mass is 32.2. The molecule has 0 amide bonds. The van der Waals surface area contributed by atoms with Gasteiger partial charge in [0.05, 0.1) is 16.0 Å². The second-order valence-electron chi connectivity index (χ2n) is 5.88. The first-order valence-electron chi connectivity index (χ1n) is 7.40. The number of rotatable bonds is 3. The predicted octanol–water partition coefficient (Wildman–Crippen LogP) is 3.50. The molecule has 0 aliphatic heterocycles. The van der Waals surface area contributed by atoms with Crippen molar-refractivity contribution in [1.29, 1.82) is 0 Å². The SMILES string of the molecule is Cc1ccc(S(=O)(=O)n2ccc3c(C(=O)O)c(C)cc(C)c32)cc1. The van der Waals surface area contributed by atoms with Gasteiger partial charge in [-0.1, -0.05) is 23.8 Å². The summed E-state index contributed by atoms with van der Waals surface area (Å²) in [5, 5.41) is 9.88. The van der Waals surface area contributed by atoms with Gasteiger partial charge in [-0.25, -0.2) is 17.2 Å². The molecule has 0 saturated heterocycles. The lowest BCUT2D eigenvalue weighted by atomic mass is 10.0. The second kappa shape index (κ2) is 5.49. The lowest BCUT2D eigenvalue weighted by Crippen LogP contribution is -2.13. The fourth-order valence-corrected chi connectivity index (χ4v) is 4.40. The average molecular weight is 343 g/mol. The van der Waals surface area contributed by atoms with E-state index < -0.39 is 16.0 Å². The molecule has 6 heteroatoms. The molecule has 0 bridgehead atoms. The number of hydrogen-bond acceptors (Lipinski definition) is 3. The fraction of sp³-hybridized carbons (Fsp3) is 0.167. The number of benzene rings is 2.